The minimum atomic E-state index is -4.45. The number of likely N-dealkylation sites (tertiary alicyclic amines) is 1. The molecule has 0 spiro atoms. The molecule has 0 saturated carbocycles. The van der Waals surface area contributed by atoms with E-state index >= 15 is 0 Å². The van der Waals surface area contributed by atoms with E-state index in [0.29, 0.717) is 17.0 Å². The van der Waals surface area contributed by atoms with Crippen molar-refractivity contribution in [1.29, 1.82) is 0 Å². The van der Waals surface area contributed by atoms with Gasteiger partial charge in [-0.2, -0.15) is 0 Å². The molecule has 0 unspecified atom stereocenters. The number of nitrogens with zero attached hydrogens (tertiary/aromatic N) is 1. The van der Waals surface area contributed by atoms with Crippen LogP contribution in [0.5, 0.6) is 0 Å². The van der Waals surface area contributed by atoms with Gasteiger partial charge in [-0.3, -0.25) is 4.90 Å². The maximum Gasteiger partial charge on any atom is 0.166 e. The van der Waals surface area contributed by atoms with Crippen molar-refractivity contribution in [2.45, 2.75) is 105 Å². The smallest absolute Gasteiger partial charge is 0.166 e. The molecule has 5 rings (SSSR count). The fraction of sp³-hybridized carbons (Fsp3) is 0.385. The minimum absolute atomic E-state index is 0.00919. The summed E-state index contributed by atoms with van der Waals surface area (Å²) >= 11 is 0. The molecule has 240 valence electrons. The number of rotatable bonds is 9. The molecule has 45 heavy (non-hydrogen) atoms. The van der Waals surface area contributed by atoms with Crippen LogP contribution in [0.15, 0.2) is 117 Å². The van der Waals surface area contributed by atoms with Gasteiger partial charge < -0.3 is 4.55 Å². The third kappa shape index (κ3) is 9.55. The van der Waals surface area contributed by atoms with Crippen LogP contribution < -0.4 is 0 Å². The van der Waals surface area contributed by atoms with Crippen LogP contribution in [-0.4, -0.2) is 31.0 Å². The maximum atomic E-state index is 11.6. The third-order valence-electron chi connectivity index (χ3n) is 8.28. The van der Waals surface area contributed by atoms with Gasteiger partial charge in [-0.25, -0.2) is 8.42 Å². The Kier molecular flexibility index (Phi) is 12.5. The molecule has 6 heteroatoms. The molecule has 0 amide bonds. The lowest BCUT2D eigenvalue weighted by Crippen LogP contribution is -2.29. The van der Waals surface area contributed by atoms with Crippen molar-refractivity contribution < 1.29 is 13.0 Å². The van der Waals surface area contributed by atoms with Crippen molar-refractivity contribution in [3.05, 3.63) is 119 Å². The lowest BCUT2D eigenvalue weighted by Gasteiger charge is -2.26. The minimum Gasteiger partial charge on any atom is -0.744 e. The lowest BCUT2D eigenvalue weighted by atomic mass is 9.89. The van der Waals surface area contributed by atoms with Crippen LogP contribution in [0.3, 0.4) is 0 Å². The SMILES string of the molecule is CC(C)c1cc(C(C)C)c(S(=O)(=O)[O-])c(C(C)C)c1.c1ccc([S+](c2ccccc2)c2cccc(CN3CCCCC3)c2)cc1. The Labute approximate surface area is 275 Å². The summed E-state index contributed by atoms with van der Waals surface area (Å²) in [5, 5.41) is 0. The summed E-state index contributed by atoms with van der Waals surface area (Å²) in [4.78, 5) is 6.77. The summed E-state index contributed by atoms with van der Waals surface area (Å²) in [7, 11) is -4.50. The molecular weight excluding hydrogens is 595 g/mol. The Morgan fingerprint density at radius 3 is 1.58 bits per heavy atom. The standard InChI is InChI=1S/C24H26NS.C15H24O3S/c1-4-12-22(13-5-1)26(23-14-6-2-7-15-23)24-16-10-11-21(19-24)20-25-17-8-3-9-18-25;1-9(2)12-7-13(10(3)4)15(19(16,17)18)14(8-12)11(5)6/h1-2,4-7,10-16,19H,3,8-9,17-18,20H2;7-11H,1-6H3,(H,16,17,18)/q+1;/p-1. The molecule has 4 aromatic rings. The normalized spacial score (nSPS) is 14.2. The van der Waals surface area contributed by atoms with Crippen LogP contribution in [0.1, 0.15) is 101 Å². The molecule has 0 bridgehead atoms. The van der Waals surface area contributed by atoms with Crippen molar-refractivity contribution in [1.82, 2.24) is 4.90 Å². The highest BCUT2D eigenvalue weighted by atomic mass is 32.2. The van der Waals surface area contributed by atoms with Gasteiger partial charge in [0.25, 0.3) is 0 Å². The zero-order valence-corrected chi connectivity index (χ0v) is 29.3. The first-order valence-electron chi connectivity index (χ1n) is 16.2. The average molecular weight is 644 g/mol. The second-order valence-corrected chi connectivity index (χ2v) is 16.2. The summed E-state index contributed by atoms with van der Waals surface area (Å²) in [6.07, 6.45) is 4.08. The molecule has 0 radical (unpaired) electrons. The molecule has 1 saturated heterocycles. The van der Waals surface area contributed by atoms with Gasteiger partial charge in [-0.1, -0.05) is 109 Å². The summed E-state index contributed by atoms with van der Waals surface area (Å²) in [5.74, 6) is 0.322. The van der Waals surface area contributed by atoms with Gasteiger partial charge in [0.1, 0.15) is 10.1 Å². The molecule has 0 aromatic heterocycles. The number of benzene rings is 4. The predicted octanol–water partition coefficient (Wildman–Crippen LogP) is 9.73. The van der Waals surface area contributed by atoms with E-state index in [0.717, 1.165) is 12.1 Å². The van der Waals surface area contributed by atoms with Gasteiger partial charge in [0.15, 0.2) is 14.7 Å². The fourth-order valence-corrected chi connectivity index (χ4v) is 9.17. The average Bonchev–Trinajstić information content (AvgIpc) is 3.02. The van der Waals surface area contributed by atoms with E-state index in [1.807, 2.05) is 39.8 Å². The third-order valence-corrected chi connectivity index (χ3v) is 11.5. The second-order valence-electron chi connectivity index (χ2n) is 12.9. The molecule has 1 aliphatic rings. The first kappa shape index (κ1) is 35.0. The van der Waals surface area contributed by atoms with Gasteiger partial charge >= 0.3 is 0 Å². The lowest BCUT2D eigenvalue weighted by molar-refractivity contribution is 0.221. The Hall–Kier alpha value is -2.90. The van der Waals surface area contributed by atoms with Crippen molar-refractivity contribution in [3.63, 3.8) is 0 Å². The van der Waals surface area contributed by atoms with E-state index in [1.165, 1.54) is 52.6 Å². The van der Waals surface area contributed by atoms with Crippen LogP contribution in [0, 0.1) is 0 Å². The van der Waals surface area contributed by atoms with E-state index < -0.39 is 10.1 Å². The second kappa shape index (κ2) is 16.1. The summed E-state index contributed by atoms with van der Waals surface area (Å²) < 4.78 is 34.8. The highest BCUT2D eigenvalue weighted by Crippen LogP contribution is 2.35. The topological polar surface area (TPSA) is 60.4 Å². The van der Waals surface area contributed by atoms with Gasteiger partial charge in [0, 0.05) is 6.54 Å². The molecular formula is C39H49NO3S2. The zero-order chi connectivity index (χ0) is 32.6. The fourth-order valence-electron chi connectivity index (χ4n) is 5.85. The molecule has 4 aromatic carbocycles. The van der Waals surface area contributed by atoms with Gasteiger partial charge in [0.05, 0.1) is 15.8 Å². The van der Waals surface area contributed by atoms with Gasteiger partial charge in [-0.15, -0.1) is 0 Å². The Morgan fingerprint density at radius 1 is 0.644 bits per heavy atom. The van der Waals surface area contributed by atoms with Gasteiger partial charge in [0.2, 0.25) is 0 Å². The first-order valence-corrected chi connectivity index (χ1v) is 18.9. The van der Waals surface area contributed by atoms with E-state index in [4.69, 9.17) is 0 Å². The predicted molar refractivity (Wildman–Crippen MR) is 187 cm³/mol. The Balaban J connectivity index is 0.000000217. The van der Waals surface area contributed by atoms with Crippen molar-refractivity contribution in [2.75, 3.05) is 13.1 Å². The molecule has 0 atom stereocenters. The Morgan fingerprint density at radius 2 is 1.13 bits per heavy atom. The van der Waals surface area contributed by atoms with E-state index in [-0.39, 0.29) is 27.6 Å². The highest BCUT2D eigenvalue weighted by molar-refractivity contribution is 7.97. The van der Waals surface area contributed by atoms with Crippen LogP contribution >= 0.6 is 0 Å². The van der Waals surface area contributed by atoms with E-state index in [9.17, 15) is 13.0 Å². The largest absolute Gasteiger partial charge is 0.744 e. The number of hydrogen-bond acceptors (Lipinski definition) is 4. The molecule has 1 aliphatic heterocycles. The quantitative estimate of drug-likeness (QED) is 0.135. The van der Waals surface area contributed by atoms with Crippen molar-refractivity contribution in [2.24, 2.45) is 0 Å². The van der Waals surface area contributed by atoms with Crippen molar-refractivity contribution in [3.8, 4) is 0 Å². The number of hydrogen-bond donors (Lipinski definition) is 0. The van der Waals surface area contributed by atoms with Crippen LogP contribution in [0.2, 0.25) is 0 Å². The van der Waals surface area contributed by atoms with E-state index in [2.05, 4.69) is 104 Å². The van der Waals surface area contributed by atoms with Gasteiger partial charge in [-0.05, 0) is 102 Å². The van der Waals surface area contributed by atoms with Crippen LogP contribution in [0.25, 0.3) is 0 Å². The molecule has 4 nitrogen and oxygen atoms in total. The zero-order valence-electron chi connectivity index (χ0n) is 27.7. The number of piperidine rings is 1. The summed E-state index contributed by atoms with van der Waals surface area (Å²) in [6, 6.07) is 34.8. The first-order chi connectivity index (χ1) is 21.5. The molecule has 1 heterocycles. The Bertz CT molecular complexity index is 1540. The van der Waals surface area contributed by atoms with E-state index in [1.54, 1.807) is 0 Å². The highest BCUT2D eigenvalue weighted by Gasteiger charge is 2.28. The molecule has 1 fully saturated rings. The summed E-state index contributed by atoms with van der Waals surface area (Å²) in [6.45, 7) is 15.4. The van der Waals surface area contributed by atoms with Crippen LogP contribution in [-0.2, 0) is 27.6 Å². The maximum absolute atomic E-state index is 11.6. The molecule has 0 N–H and O–H groups in total. The summed E-state index contributed by atoms with van der Waals surface area (Å²) in [5.41, 5.74) is 3.81. The molecule has 0 aliphatic carbocycles. The monoisotopic (exact) mass is 643 g/mol. The van der Waals surface area contributed by atoms with Crippen molar-refractivity contribution >= 4 is 21.0 Å². The van der Waals surface area contributed by atoms with Crippen LogP contribution in [0.4, 0.5) is 0 Å².